The van der Waals surface area contributed by atoms with Gasteiger partial charge in [-0.25, -0.2) is 0 Å². The van der Waals surface area contributed by atoms with Crippen LogP contribution in [-0.2, 0) is 6.54 Å². The first-order chi connectivity index (χ1) is 6.79. The van der Waals surface area contributed by atoms with Gasteiger partial charge in [0.05, 0.1) is 5.69 Å². The van der Waals surface area contributed by atoms with Crippen LogP contribution >= 0.6 is 12.4 Å². The van der Waals surface area contributed by atoms with Gasteiger partial charge in [-0.3, -0.25) is 4.98 Å². The van der Waals surface area contributed by atoms with E-state index in [0.717, 1.165) is 36.6 Å². The van der Waals surface area contributed by atoms with E-state index in [9.17, 15) is 0 Å². The quantitative estimate of drug-likeness (QED) is 0.799. The number of hydrogen-bond donors (Lipinski definition) is 1. The zero-order valence-corrected chi connectivity index (χ0v) is 9.93. The Bertz CT molecular complexity index is 330. The molecule has 1 aliphatic heterocycles. The van der Waals surface area contributed by atoms with Gasteiger partial charge in [0, 0.05) is 18.8 Å². The number of ether oxygens (including phenoxy) is 1. The van der Waals surface area contributed by atoms with Crippen LogP contribution in [0.25, 0.3) is 0 Å². The highest BCUT2D eigenvalue weighted by Gasteiger charge is 2.16. The second-order valence-corrected chi connectivity index (χ2v) is 3.68. The molecule has 1 atom stereocenters. The molecular weight excluding hydrogens is 212 g/mol. The van der Waals surface area contributed by atoms with E-state index in [0.29, 0.717) is 0 Å². The molecule has 0 saturated carbocycles. The van der Waals surface area contributed by atoms with Crippen molar-refractivity contribution in [2.24, 2.45) is 0 Å². The molecule has 0 aromatic carbocycles. The molecule has 1 aromatic rings. The van der Waals surface area contributed by atoms with Gasteiger partial charge in [-0.15, -0.1) is 12.4 Å². The minimum atomic E-state index is 0. The summed E-state index contributed by atoms with van der Waals surface area (Å²) < 4.78 is 5.84. The molecule has 0 bridgehead atoms. The van der Waals surface area contributed by atoms with Crippen LogP contribution in [0.15, 0.2) is 12.1 Å². The van der Waals surface area contributed by atoms with Crippen molar-refractivity contribution in [3.63, 3.8) is 0 Å². The minimum absolute atomic E-state index is 0. The summed E-state index contributed by atoms with van der Waals surface area (Å²) in [5, 5.41) is 3.34. The van der Waals surface area contributed by atoms with Crippen molar-refractivity contribution < 1.29 is 4.74 Å². The highest BCUT2D eigenvalue weighted by atomic mass is 35.5. The first-order valence-electron chi connectivity index (χ1n) is 5.13. The second kappa shape index (κ2) is 5.33. The van der Waals surface area contributed by atoms with Crippen molar-refractivity contribution in [2.75, 3.05) is 6.54 Å². The van der Waals surface area contributed by atoms with Gasteiger partial charge in [0.1, 0.15) is 11.9 Å². The molecule has 0 spiro atoms. The van der Waals surface area contributed by atoms with Crippen LogP contribution in [0.1, 0.15) is 24.7 Å². The summed E-state index contributed by atoms with van der Waals surface area (Å²) >= 11 is 0. The standard InChI is InChI=1S/C11H16N2O.ClH/c1-3-9-6-12-7-10-11(14-9)5-4-8(2)13-10;/h4-5,9,12H,3,6-7H2,1-2H3;1H/t9-;/m1./s1. The summed E-state index contributed by atoms with van der Waals surface area (Å²) in [5.74, 6) is 0.937. The number of fused-ring (bicyclic) bond motifs is 1. The van der Waals surface area contributed by atoms with Crippen molar-refractivity contribution in [3.8, 4) is 5.75 Å². The Morgan fingerprint density at radius 1 is 1.53 bits per heavy atom. The predicted octanol–water partition coefficient (Wildman–Crippen LogP) is 2.07. The summed E-state index contributed by atoms with van der Waals surface area (Å²) in [6.45, 7) is 5.86. The monoisotopic (exact) mass is 228 g/mol. The third-order valence-corrected chi connectivity index (χ3v) is 2.49. The van der Waals surface area contributed by atoms with Gasteiger partial charge in [-0.2, -0.15) is 0 Å². The molecule has 0 fully saturated rings. The van der Waals surface area contributed by atoms with E-state index in [2.05, 4.69) is 17.2 Å². The fraction of sp³-hybridized carbons (Fsp3) is 0.545. The van der Waals surface area contributed by atoms with Crippen LogP contribution in [-0.4, -0.2) is 17.6 Å². The molecule has 0 amide bonds. The maximum atomic E-state index is 5.84. The van der Waals surface area contributed by atoms with Crippen molar-refractivity contribution in [2.45, 2.75) is 32.9 Å². The molecule has 2 heterocycles. The largest absolute Gasteiger partial charge is 0.487 e. The molecule has 4 heteroatoms. The minimum Gasteiger partial charge on any atom is -0.487 e. The molecular formula is C11H17ClN2O. The Kier molecular flexibility index (Phi) is 4.36. The van der Waals surface area contributed by atoms with Crippen molar-refractivity contribution in [1.82, 2.24) is 10.3 Å². The number of rotatable bonds is 1. The highest BCUT2D eigenvalue weighted by Crippen LogP contribution is 2.21. The Morgan fingerprint density at radius 2 is 2.33 bits per heavy atom. The van der Waals surface area contributed by atoms with E-state index in [-0.39, 0.29) is 18.5 Å². The topological polar surface area (TPSA) is 34.2 Å². The molecule has 0 radical (unpaired) electrons. The van der Waals surface area contributed by atoms with Crippen LogP contribution in [0.4, 0.5) is 0 Å². The van der Waals surface area contributed by atoms with Gasteiger partial charge in [-0.1, -0.05) is 6.92 Å². The molecule has 1 N–H and O–H groups in total. The number of aromatic nitrogens is 1. The number of nitrogens with one attached hydrogen (secondary N) is 1. The molecule has 0 aliphatic carbocycles. The van der Waals surface area contributed by atoms with Gasteiger partial charge < -0.3 is 10.1 Å². The van der Waals surface area contributed by atoms with Crippen molar-refractivity contribution >= 4 is 12.4 Å². The molecule has 3 nitrogen and oxygen atoms in total. The van der Waals surface area contributed by atoms with E-state index in [1.165, 1.54) is 0 Å². The first kappa shape index (κ1) is 12.3. The van der Waals surface area contributed by atoms with Crippen molar-refractivity contribution in [3.05, 3.63) is 23.5 Å². The Balaban J connectivity index is 0.00000112. The molecule has 1 aliphatic rings. The summed E-state index contributed by atoms with van der Waals surface area (Å²) in [4.78, 5) is 4.45. The number of pyridine rings is 1. The summed E-state index contributed by atoms with van der Waals surface area (Å²) in [6.07, 6.45) is 1.31. The molecule has 0 saturated heterocycles. The van der Waals surface area contributed by atoms with Crippen LogP contribution in [0.5, 0.6) is 5.75 Å². The fourth-order valence-electron chi connectivity index (χ4n) is 1.63. The molecule has 2 rings (SSSR count). The maximum Gasteiger partial charge on any atom is 0.142 e. The number of nitrogens with zero attached hydrogens (tertiary/aromatic N) is 1. The number of hydrogen-bond acceptors (Lipinski definition) is 3. The number of aryl methyl sites for hydroxylation is 1. The second-order valence-electron chi connectivity index (χ2n) is 3.68. The Labute approximate surface area is 96.7 Å². The summed E-state index contributed by atoms with van der Waals surface area (Å²) in [7, 11) is 0. The van der Waals surface area contributed by atoms with Gasteiger partial charge in [0.15, 0.2) is 0 Å². The zero-order valence-electron chi connectivity index (χ0n) is 9.12. The van der Waals surface area contributed by atoms with Gasteiger partial charge in [0.25, 0.3) is 0 Å². The SMILES string of the molecule is CC[C@@H]1CNCc2nc(C)ccc2O1.Cl. The fourth-order valence-corrected chi connectivity index (χ4v) is 1.63. The van der Waals surface area contributed by atoms with Gasteiger partial charge in [-0.05, 0) is 25.5 Å². The first-order valence-corrected chi connectivity index (χ1v) is 5.13. The zero-order chi connectivity index (χ0) is 9.97. The van der Waals surface area contributed by atoms with Crippen LogP contribution < -0.4 is 10.1 Å². The smallest absolute Gasteiger partial charge is 0.142 e. The lowest BCUT2D eigenvalue weighted by Crippen LogP contribution is -2.27. The van der Waals surface area contributed by atoms with Crippen LogP contribution in [0.3, 0.4) is 0 Å². The highest BCUT2D eigenvalue weighted by molar-refractivity contribution is 5.85. The van der Waals surface area contributed by atoms with Crippen LogP contribution in [0.2, 0.25) is 0 Å². The summed E-state index contributed by atoms with van der Waals surface area (Å²) in [5.41, 5.74) is 2.07. The summed E-state index contributed by atoms with van der Waals surface area (Å²) in [6, 6.07) is 4.02. The molecule has 15 heavy (non-hydrogen) atoms. The average Bonchev–Trinajstić information content (AvgIpc) is 2.38. The third-order valence-electron chi connectivity index (χ3n) is 2.49. The van der Waals surface area contributed by atoms with E-state index in [4.69, 9.17) is 4.74 Å². The van der Waals surface area contributed by atoms with E-state index in [1.807, 2.05) is 19.1 Å². The predicted molar refractivity (Wildman–Crippen MR) is 62.6 cm³/mol. The molecule has 0 unspecified atom stereocenters. The van der Waals surface area contributed by atoms with E-state index < -0.39 is 0 Å². The molecule has 84 valence electrons. The Morgan fingerprint density at radius 3 is 3.07 bits per heavy atom. The molecule has 1 aromatic heterocycles. The van der Waals surface area contributed by atoms with E-state index >= 15 is 0 Å². The third kappa shape index (κ3) is 2.83. The lowest BCUT2D eigenvalue weighted by molar-refractivity contribution is 0.201. The van der Waals surface area contributed by atoms with Crippen LogP contribution in [0, 0.1) is 6.92 Å². The lowest BCUT2D eigenvalue weighted by Gasteiger charge is -2.14. The van der Waals surface area contributed by atoms with Gasteiger partial charge >= 0.3 is 0 Å². The average molecular weight is 229 g/mol. The van der Waals surface area contributed by atoms with E-state index in [1.54, 1.807) is 0 Å². The maximum absolute atomic E-state index is 5.84. The lowest BCUT2D eigenvalue weighted by atomic mass is 10.3. The number of halogens is 1. The normalized spacial score (nSPS) is 19.5. The van der Waals surface area contributed by atoms with Crippen molar-refractivity contribution in [1.29, 1.82) is 0 Å². The Hall–Kier alpha value is -0.800. The van der Waals surface area contributed by atoms with Gasteiger partial charge in [0.2, 0.25) is 0 Å².